The maximum Gasteiger partial charge on any atom is 0.412 e. The van der Waals surface area contributed by atoms with Crippen LogP contribution in [0.4, 0.5) is 10.5 Å². The van der Waals surface area contributed by atoms with Gasteiger partial charge >= 0.3 is 6.09 Å². The minimum atomic E-state index is -0.505. The number of benzene rings is 1. The van der Waals surface area contributed by atoms with Crippen LogP contribution in [-0.2, 0) is 10.6 Å². The summed E-state index contributed by atoms with van der Waals surface area (Å²) in [5.41, 5.74) is 2.14. The average Bonchev–Trinajstić information content (AvgIpc) is 2.14. The van der Waals surface area contributed by atoms with Gasteiger partial charge in [-0.3, -0.25) is 5.32 Å². The van der Waals surface area contributed by atoms with Crippen molar-refractivity contribution in [3.63, 3.8) is 0 Å². The van der Waals surface area contributed by atoms with Crippen LogP contribution in [0.25, 0.3) is 0 Å². The molecule has 4 heteroatoms. The summed E-state index contributed by atoms with van der Waals surface area (Å²) in [5, 5.41) is 2.71. The van der Waals surface area contributed by atoms with Gasteiger partial charge in [-0.25, -0.2) is 4.79 Å². The molecule has 0 aliphatic carbocycles. The van der Waals surface area contributed by atoms with E-state index in [1.807, 2.05) is 45.9 Å². The molecular formula is C13H18ClNO2. The van der Waals surface area contributed by atoms with E-state index in [4.69, 9.17) is 16.3 Å². The van der Waals surface area contributed by atoms with Crippen molar-refractivity contribution in [1.29, 1.82) is 0 Å². The van der Waals surface area contributed by atoms with Gasteiger partial charge in [0.05, 0.1) is 0 Å². The minimum Gasteiger partial charge on any atom is -0.444 e. The molecule has 0 unspecified atom stereocenters. The fourth-order valence-corrected chi connectivity index (χ4v) is 1.57. The number of hydrogen-bond donors (Lipinski definition) is 1. The summed E-state index contributed by atoms with van der Waals surface area (Å²) in [4.78, 5) is 11.6. The van der Waals surface area contributed by atoms with E-state index in [-0.39, 0.29) is 0 Å². The molecule has 0 aromatic heterocycles. The van der Waals surface area contributed by atoms with E-state index in [1.54, 1.807) is 0 Å². The lowest BCUT2D eigenvalue weighted by Gasteiger charge is -2.20. The molecule has 0 heterocycles. The molecule has 1 rings (SSSR count). The van der Waals surface area contributed by atoms with Gasteiger partial charge in [0.1, 0.15) is 5.60 Å². The van der Waals surface area contributed by atoms with Gasteiger partial charge in [-0.1, -0.05) is 12.1 Å². The second-order valence-corrected chi connectivity index (χ2v) is 5.19. The summed E-state index contributed by atoms with van der Waals surface area (Å²) < 4.78 is 5.19. The number of alkyl halides is 1. The van der Waals surface area contributed by atoms with Crippen LogP contribution in [0, 0.1) is 6.92 Å². The molecule has 0 fully saturated rings. The Hall–Kier alpha value is -1.22. The van der Waals surface area contributed by atoms with E-state index < -0.39 is 11.7 Å². The normalized spacial score (nSPS) is 11.1. The highest BCUT2D eigenvalue weighted by Crippen LogP contribution is 2.20. The first-order valence-electron chi connectivity index (χ1n) is 5.47. The predicted octanol–water partition coefficient (Wildman–Crippen LogP) is 4.08. The van der Waals surface area contributed by atoms with Crippen molar-refractivity contribution in [2.24, 2.45) is 0 Å². The van der Waals surface area contributed by atoms with Crippen LogP contribution in [0.5, 0.6) is 0 Å². The summed E-state index contributed by atoms with van der Waals surface area (Å²) in [7, 11) is 0. The monoisotopic (exact) mass is 255 g/mol. The summed E-state index contributed by atoms with van der Waals surface area (Å²) in [6.07, 6.45) is -0.463. The van der Waals surface area contributed by atoms with Crippen LogP contribution in [0.15, 0.2) is 18.2 Å². The van der Waals surface area contributed by atoms with Crippen molar-refractivity contribution >= 4 is 23.4 Å². The lowest BCUT2D eigenvalue weighted by molar-refractivity contribution is 0.0636. The Labute approximate surface area is 107 Å². The minimum absolute atomic E-state index is 0.353. The number of rotatable bonds is 2. The molecule has 0 aliphatic heterocycles. The number of halogens is 1. The van der Waals surface area contributed by atoms with Crippen molar-refractivity contribution in [3.05, 3.63) is 29.3 Å². The van der Waals surface area contributed by atoms with E-state index in [1.165, 1.54) is 0 Å². The Balaban J connectivity index is 2.80. The van der Waals surface area contributed by atoms with Gasteiger partial charge in [0.15, 0.2) is 0 Å². The highest BCUT2D eigenvalue weighted by molar-refractivity contribution is 6.17. The molecular weight excluding hydrogens is 238 g/mol. The van der Waals surface area contributed by atoms with Gasteiger partial charge < -0.3 is 4.74 Å². The van der Waals surface area contributed by atoms with Crippen LogP contribution in [0.1, 0.15) is 31.9 Å². The molecule has 17 heavy (non-hydrogen) atoms. The highest BCUT2D eigenvalue weighted by Gasteiger charge is 2.17. The summed E-state index contributed by atoms with van der Waals surface area (Å²) in [6, 6.07) is 5.73. The standard InChI is InChI=1S/C13H18ClNO2/c1-9-5-6-10(8-14)11(7-9)15-12(16)17-13(2,3)4/h5-7H,8H2,1-4H3,(H,15,16). The van der Waals surface area contributed by atoms with E-state index in [0.717, 1.165) is 11.1 Å². The van der Waals surface area contributed by atoms with Gasteiger partial charge in [-0.05, 0) is 44.9 Å². The van der Waals surface area contributed by atoms with E-state index in [2.05, 4.69) is 5.32 Å². The van der Waals surface area contributed by atoms with Gasteiger partial charge in [0.25, 0.3) is 0 Å². The van der Waals surface area contributed by atoms with E-state index in [0.29, 0.717) is 11.6 Å². The van der Waals surface area contributed by atoms with Crippen molar-refractivity contribution in [1.82, 2.24) is 0 Å². The number of aryl methyl sites for hydroxylation is 1. The van der Waals surface area contributed by atoms with Crippen LogP contribution in [0.2, 0.25) is 0 Å². The maximum atomic E-state index is 11.6. The summed E-state index contributed by atoms with van der Waals surface area (Å²) in [5.74, 6) is 0.353. The van der Waals surface area contributed by atoms with Crippen LogP contribution < -0.4 is 5.32 Å². The lowest BCUT2D eigenvalue weighted by atomic mass is 10.1. The topological polar surface area (TPSA) is 38.3 Å². The molecule has 0 radical (unpaired) electrons. The van der Waals surface area contributed by atoms with Crippen molar-refractivity contribution in [2.75, 3.05) is 5.32 Å². The zero-order chi connectivity index (χ0) is 13.1. The van der Waals surface area contributed by atoms with Gasteiger partial charge in [0, 0.05) is 11.6 Å². The maximum absolute atomic E-state index is 11.6. The average molecular weight is 256 g/mol. The highest BCUT2D eigenvalue weighted by atomic mass is 35.5. The Morgan fingerprint density at radius 2 is 2.06 bits per heavy atom. The molecule has 1 amide bonds. The first-order chi connectivity index (χ1) is 7.81. The van der Waals surface area contributed by atoms with E-state index >= 15 is 0 Å². The number of anilines is 1. The zero-order valence-corrected chi connectivity index (χ0v) is 11.4. The molecule has 0 aliphatic rings. The largest absolute Gasteiger partial charge is 0.444 e. The molecule has 0 bridgehead atoms. The predicted molar refractivity (Wildman–Crippen MR) is 70.6 cm³/mol. The number of amides is 1. The van der Waals surface area contributed by atoms with Crippen molar-refractivity contribution < 1.29 is 9.53 Å². The fraction of sp³-hybridized carbons (Fsp3) is 0.462. The molecule has 1 aromatic carbocycles. The smallest absolute Gasteiger partial charge is 0.412 e. The Morgan fingerprint density at radius 1 is 1.41 bits per heavy atom. The van der Waals surface area contributed by atoms with E-state index in [9.17, 15) is 4.79 Å². The molecule has 1 aromatic rings. The van der Waals surface area contributed by atoms with Crippen molar-refractivity contribution in [2.45, 2.75) is 39.2 Å². The quantitative estimate of drug-likeness (QED) is 0.809. The van der Waals surface area contributed by atoms with Crippen LogP contribution in [0.3, 0.4) is 0 Å². The molecule has 0 spiro atoms. The van der Waals surface area contributed by atoms with Crippen LogP contribution in [-0.4, -0.2) is 11.7 Å². The first kappa shape index (κ1) is 13.8. The fourth-order valence-electron chi connectivity index (χ4n) is 1.34. The van der Waals surface area contributed by atoms with Gasteiger partial charge in [-0.2, -0.15) is 0 Å². The Kier molecular flexibility index (Phi) is 4.40. The third-order valence-electron chi connectivity index (χ3n) is 2.04. The molecule has 1 N–H and O–H groups in total. The SMILES string of the molecule is Cc1ccc(CCl)c(NC(=O)OC(C)(C)C)c1. The molecule has 0 saturated carbocycles. The van der Waals surface area contributed by atoms with Gasteiger partial charge in [-0.15, -0.1) is 11.6 Å². The first-order valence-corrected chi connectivity index (χ1v) is 6.01. The second kappa shape index (κ2) is 5.41. The number of ether oxygens (including phenoxy) is 1. The number of carbonyl (C=O) groups is 1. The third-order valence-corrected chi connectivity index (χ3v) is 2.33. The molecule has 0 saturated heterocycles. The second-order valence-electron chi connectivity index (χ2n) is 4.92. The molecule has 94 valence electrons. The molecule has 0 atom stereocenters. The zero-order valence-electron chi connectivity index (χ0n) is 10.6. The molecule has 3 nitrogen and oxygen atoms in total. The number of hydrogen-bond acceptors (Lipinski definition) is 2. The summed E-state index contributed by atoms with van der Waals surface area (Å²) in [6.45, 7) is 7.43. The third kappa shape index (κ3) is 4.65. The Bertz CT molecular complexity index is 410. The lowest BCUT2D eigenvalue weighted by Crippen LogP contribution is -2.27. The summed E-state index contributed by atoms with van der Waals surface area (Å²) >= 11 is 5.81. The number of carbonyl (C=O) groups excluding carboxylic acids is 1. The van der Waals surface area contributed by atoms with Crippen LogP contribution >= 0.6 is 11.6 Å². The van der Waals surface area contributed by atoms with Crippen molar-refractivity contribution in [3.8, 4) is 0 Å². The number of nitrogens with one attached hydrogen (secondary N) is 1. The Morgan fingerprint density at radius 3 is 2.59 bits per heavy atom. The van der Waals surface area contributed by atoms with Gasteiger partial charge in [0.2, 0.25) is 0 Å².